The maximum absolute atomic E-state index is 11.6. The van der Waals surface area contributed by atoms with Gasteiger partial charge in [0.25, 0.3) is 0 Å². The average Bonchev–Trinajstić information content (AvgIpc) is 2.27. The number of nitrogens with two attached hydrogens (primary N) is 1. The van der Waals surface area contributed by atoms with Crippen LogP contribution in [0.1, 0.15) is 26.3 Å². The fraction of sp³-hybridized carbons (Fsp3) is 0.500. The molecule has 0 radical (unpaired) electrons. The summed E-state index contributed by atoms with van der Waals surface area (Å²) in [5, 5.41) is 9.81. The molecule has 0 bridgehead atoms. The van der Waals surface area contributed by atoms with Crippen molar-refractivity contribution in [3.63, 3.8) is 0 Å². The van der Waals surface area contributed by atoms with E-state index in [0.717, 1.165) is 5.56 Å². The SMILES string of the molecule is CC(C)(C)OC(=O)[C@H](O)[C@@H](N)Cc1ccccc1. The molecule has 1 aromatic carbocycles. The highest BCUT2D eigenvalue weighted by atomic mass is 16.6. The van der Waals surface area contributed by atoms with Crippen LogP contribution in [0.25, 0.3) is 0 Å². The van der Waals surface area contributed by atoms with Crippen molar-refractivity contribution in [3.8, 4) is 0 Å². The zero-order valence-electron chi connectivity index (χ0n) is 11.1. The minimum Gasteiger partial charge on any atom is -0.458 e. The van der Waals surface area contributed by atoms with Crippen LogP contribution in [0.5, 0.6) is 0 Å². The lowest BCUT2D eigenvalue weighted by molar-refractivity contribution is -0.166. The van der Waals surface area contributed by atoms with Crippen molar-refractivity contribution >= 4 is 5.97 Å². The fourth-order valence-electron chi connectivity index (χ4n) is 1.53. The minimum absolute atomic E-state index is 0.432. The largest absolute Gasteiger partial charge is 0.458 e. The summed E-state index contributed by atoms with van der Waals surface area (Å²) in [6.07, 6.45) is -0.870. The Hall–Kier alpha value is -1.39. The topological polar surface area (TPSA) is 72.5 Å². The third-order valence-electron chi connectivity index (χ3n) is 2.37. The minimum atomic E-state index is -1.30. The van der Waals surface area contributed by atoms with E-state index in [0.29, 0.717) is 6.42 Å². The van der Waals surface area contributed by atoms with Gasteiger partial charge >= 0.3 is 5.97 Å². The van der Waals surface area contributed by atoms with Crippen LogP contribution in [0, 0.1) is 0 Å². The molecule has 3 N–H and O–H groups in total. The van der Waals surface area contributed by atoms with Gasteiger partial charge in [-0.3, -0.25) is 0 Å². The highest BCUT2D eigenvalue weighted by Gasteiger charge is 2.28. The van der Waals surface area contributed by atoms with Crippen molar-refractivity contribution in [2.24, 2.45) is 5.73 Å². The molecule has 4 nitrogen and oxygen atoms in total. The number of ether oxygens (including phenoxy) is 1. The van der Waals surface area contributed by atoms with E-state index in [-0.39, 0.29) is 0 Å². The highest BCUT2D eigenvalue weighted by Crippen LogP contribution is 2.11. The van der Waals surface area contributed by atoms with Gasteiger partial charge in [-0.2, -0.15) is 0 Å². The molecule has 0 saturated heterocycles. The number of rotatable bonds is 4. The zero-order chi connectivity index (χ0) is 13.8. The molecule has 1 rings (SSSR count). The van der Waals surface area contributed by atoms with Gasteiger partial charge in [0.15, 0.2) is 6.10 Å². The Balaban J connectivity index is 2.56. The van der Waals surface area contributed by atoms with Crippen LogP contribution in [-0.4, -0.2) is 28.8 Å². The first kappa shape index (κ1) is 14.7. The third kappa shape index (κ3) is 4.85. The molecular formula is C14H21NO3. The maximum Gasteiger partial charge on any atom is 0.337 e. The summed E-state index contributed by atoms with van der Waals surface area (Å²) in [5.74, 6) is -0.675. The van der Waals surface area contributed by atoms with Crippen LogP contribution in [0.15, 0.2) is 30.3 Å². The molecule has 0 spiro atoms. The standard InChI is InChI=1S/C14H21NO3/c1-14(2,3)18-13(17)12(16)11(15)9-10-7-5-4-6-8-10/h4-8,11-12,16H,9,15H2,1-3H3/t11-,12+/m0/s1. The lowest BCUT2D eigenvalue weighted by Gasteiger charge is -2.24. The van der Waals surface area contributed by atoms with E-state index >= 15 is 0 Å². The van der Waals surface area contributed by atoms with E-state index < -0.39 is 23.7 Å². The molecule has 0 amide bonds. The van der Waals surface area contributed by atoms with Crippen molar-refractivity contribution in [2.75, 3.05) is 0 Å². The van der Waals surface area contributed by atoms with Crippen molar-refractivity contribution in [3.05, 3.63) is 35.9 Å². The second kappa shape index (κ2) is 5.98. The lowest BCUT2D eigenvalue weighted by atomic mass is 10.0. The van der Waals surface area contributed by atoms with Crippen LogP contribution in [0.2, 0.25) is 0 Å². The maximum atomic E-state index is 11.6. The molecular weight excluding hydrogens is 230 g/mol. The first-order valence-electron chi connectivity index (χ1n) is 6.00. The third-order valence-corrected chi connectivity index (χ3v) is 2.37. The quantitative estimate of drug-likeness (QED) is 0.790. The van der Waals surface area contributed by atoms with E-state index in [4.69, 9.17) is 10.5 Å². The van der Waals surface area contributed by atoms with E-state index in [1.54, 1.807) is 20.8 Å². The average molecular weight is 251 g/mol. The van der Waals surface area contributed by atoms with Crippen LogP contribution in [-0.2, 0) is 16.0 Å². The molecule has 0 aromatic heterocycles. The van der Waals surface area contributed by atoms with E-state index in [1.807, 2.05) is 30.3 Å². The molecule has 0 aliphatic rings. The van der Waals surface area contributed by atoms with Gasteiger partial charge in [-0.25, -0.2) is 4.79 Å². The summed E-state index contributed by atoms with van der Waals surface area (Å²) in [6, 6.07) is 8.83. The normalized spacial score (nSPS) is 14.9. The molecule has 0 fully saturated rings. The lowest BCUT2D eigenvalue weighted by Crippen LogP contribution is -2.45. The monoisotopic (exact) mass is 251 g/mol. The highest BCUT2D eigenvalue weighted by molar-refractivity contribution is 5.75. The van der Waals surface area contributed by atoms with Crippen LogP contribution in [0.4, 0.5) is 0 Å². The van der Waals surface area contributed by atoms with Gasteiger partial charge < -0.3 is 15.6 Å². The van der Waals surface area contributed by atoms with Gasteiger partial charge in [0, 0.05) is 6.04 Å². The number of hydrogen-bond donors (Lipinski definition) is 2. The summed E-state index contributed by atoms with van der Waals surface area (Å²) >= 11 is 0. The summed E-state index contributed by atoms with van der Waals surface area (Å²) in [5.41, 5.74) is 6.18. The number of benzene rings is 1. The zero-order valence-corrected chi connectivity index (χ0v) is 11.1. The number of carbonyl (C=O) groups is 1. The van der Waals surface area contributed by atoms with E-state index in [9.17, 15) is 9.90 Å². The summed E-state index contributed by atoms with van der Waals surface area (Å²) in [7, 11) is 0. The van der Waals surface area contributed by atoms with Gasteiger partial charge in [-0.05, 0) is 32.8 Å². The first-order chi connectivity index (χ1) is 8.29. The fourth-order valence-corrected chi connectivity index (χ4v) is 1.53. The Kier molecular flexibility index (Phi) is 4.87. The summed E-state index contributed by atoms with van der Waals surface area (Å²) in [6.45, 7) is 5.25. The molecule has 0 unspecified atom stereocenters. The van der Waals surface area contributed by atoms with Crippen molar-refractivity contribution in [2.45, 2.75) is 44.9 Å². The molecule has 2 atom stereocenters. The van der Waals surface area contributed by atoms with Gasteiger partial charge in [0.05, 0.1) is 0 Å². The predicted octanol–water partition coefficient (Wildman–Crippen LogP) is 1.26. The smallest absolute Gasteiger partial charge is 0.337 e. The number of hydrogen-bond acceptors (Lipinski definition) is 4. The summed E-state index contributed by atoms with van der Waals surface area (Å²) < 4.78 is 5.09. The van der Waals surface area contributed by atoms with Crippen LogP contribution >= 0.6 is 0 Å². The Morgan fingerprint density at radius 1 is 1.33 bits per heavy atom. The molecule has 18 heavy (non-hydrogen) atoms. The van der Waals surface area contributed by atoms with Gasteiger partial charge in [-0.1, -0.05) is 30.3 Å². The van der Waals surface area contributed by atoms with Crippen LogP contribution < -0.4 is 5.73 Å². The number of esters is 1. The molecule has 4 heteroatoms. The molecule has 0 saturated carbocycles. The number of aliphatic hydroxyl groups is 1. The Morgan fingerprint density at radius 2 is 1.89 bits per heavy atom. The second-order valence-corrected chi connectivity index (χ2v) is 5.33. The van der Waals surface area contributed by atoms with Gasteiger partial charge in [-0.15, -0.1) is 0 Å². The second-order valence-electron chi connectivity index (χ2n) is 5.33. The Morgan fingerprint density at radius 3 is 2.39 bits per heavy atom. The van der Waals surface area contributed by atoms with E-state index in [2.05, 4.69) is 0 Å². The summed E-state index contributed by atoms with van der Waals surface area (Å²) in [4.78, 5) is 11.6. The Labute approximate surface area is 108 Å². The number of carbonyl (C=O) groups excluding carboxylic acids is 1. The van der Waals surface area contributed by atoms with Crippen molar-refractivity contribution in [1.29, 1.82) is 0 Å². The molecule has 100 valence electrons. The van der Waals surface area contributed by atoms with Crippen LogP contribution in [0.3, 0.4) is 0 Å². The first-order valence-corrected chi connectivity index (χ1v) is 6.00. The van der Waals surface area contributed by atoms with Gasteiger partial charge in [0.2, 0.25) is 0 Å². The van der Waals surface area contributed by atoms with E-state index in [1.165, 1.54) is 0 Å². The molecule has 0 aliphatic carbocycles. The number of aliphatic hydroxyl groups excluding tert-OH is 1. The van der Waals surface area contributed by atoms with Gasteiger partial charge in [0.1, 0.15) is 5.60 Å². The molecule has 0 heterocycles. The Bertz CT molecular complexity index is 384. The predicted molar refractivity (Wildman–Crippen MR) is 70.0 cm³/mol. The molecule has 0 aliphatic heterocycles. The van der Waals surface area contributed by atoms with Crippen molar-refractivity contribution in [1.82, 2.24) is 0 Å². The molecule has 1 aromatic rings. The van der Waals surface area contributed by atoms with Crippen molar-refractivity contribution < 1.29 is 14.6 Å².